The number of nitrogens with two attached hydrogens (primary N) is 1. The number of pyridine rings is 1. The molecule has 5 heteroatoms. The van der Waals surface area contributed by atoms with Crippen LogP contribution in [0.1, 0.15) is 5.56 Å². The molecule has 2 aromatic carbocycles. The minimum Gasteiger partial charge on any atom is -0.384 e. The van der Waals surface area contributed by atoms with Crippen molar-refractivity contribution >= 4 is 16.6 Å². The highest BCUT2D eigenvalue weighted by Crippen LogP contribution is 2.34. The van der Waals surface area contributed by atoms with Crippen molar-refractivity contribution in [3.05, 3.63) is 60.2 Å². The Kier molecular flexibility index (Phi) is 3.05. The van der Waals surface area contributed by atoms with Crippen molar-refractivity contribution in [3.63, 3.8) is 0 Å². The van der Waals surface area contributed by atoms with Crippen LogP contribution >= 0.6 is 0 Å². The Bertz CT molecular complexity index is 805. The fraction of sp³-hybridized carbons (Fsp3) is 0.0625. The number of hydrogen-bond acceptors (Lipinski definition) is 2. The molecule has 0 spiro atoms. The maximum Gasteiger partial charge on any atom is 0.416 e. The van der Waals surface area contributed by atoms with Gasteiger partial charge >= 0.3 is 6.18 Å². The van der Waals surface area contributed by atoms with Gasteiger partial charge in [-0.2, -0.15) is 13.2 Å². The topological polar surface area (TPSA) is 38.9 Å². The van der Waals surface area contributed by atoms with Gasteiger partial charge in [0.1, 0.15) is 5.82 Å². The van der Waals surface area contributed by atoms with E-state index in [1.54, 1.807) is 12.1 Å². The summed E-state index contributed by atoms with van der Waals surface area (Å²) >= 11 is 0. The zero-order valence-corrected chi connectivity index (χ0v) is 10.9. The van der Waals surface area contributed by atoms with E-state index >= 15 is 0 Å². The number of halogens is 3. The summed E-state index contributed by atoms with van der Waals surface area (Å²) in [5.41, 5.74) is 5.58. The van der Waals surface area contributed by atoms with E-state index in [0.29, 0.717) is 5.56 Å². The van der Waals surface area contributed by atoms with Crippen LogP contribution in [0.4, 0.5) is 19.0 Å². The van der Waals surface area contributed by atoms with Gasteiger partial charge in [-0.3, -0.25) is 0 Å². The summed E-state index contributed by atoms with van der Waals surface area (Å²) < 4.78 is 38.7. The van der Waals surface area contributed by atoms with Crippen molar-refractivity contribution in [1.29, 1.82) is 0 Å². The number of hydrogen-bond donors (Lipinski definition) is 1. The van der Waals surface area contributed by atoms with E-state index in [2.05, 4.69) is 4.98 Å². The van der Waals surface area contributed by atoms with Crippen LogP contribution in [0.2, 0.25) is 0 Å². The first kappa shape index (κ1) is 13.4. The first-order chi connectivity index (χ1) is 9.95. The molecule has 0 atom stereocenters. The Morgan fingerprint density at radius 1 is 0.905 bits per heavy atom. The summed E-state index contributed by atoms with van der Waals surface area (Å²) in [6.45, 7) is 0. The Balaban J connectivity index is 2.26. The molecule has 0 amide bonds. The fourth-order valence-electron chi connectivity index (χ4n) is 2.30. The molecule has 0 aliphatic rings. The molecule has 0 saturated carbocycles. The maximum absolute atomic E-state index is 12.9. The van der Waals surface area contributed by atoms with Crippen LogP contribution in [0.3, 0.4) is 0 Å². The smallest absolute Gasteiger partial charge is 0.384 e. The molecule has 0 aliphatic carbocycles. The number of nitrogens with zero attached hydrogens (tertiary/aromatic N) is 1. The highest BCUT2D eigenvalue weighted by Gasteiger charge is 2.31. The molecule has 3 rings (SSSR count). The van der Waals surface area contributed by atoms with E-state index in [1.165, 1.54) is 0 Å². The zero-order valence-electron chi connectivity index (χ0n) is 10.9. The Labute approximate surface area is 119 Å². The molecule has 1 heterocycles. The van der Waals surface area contributed by atoms with Gasteiger partial charge in [-0.1, -0.05) is 42.5 Å². The van der Waals surface area contributed by atoms with Crippen LogP contribution in [0.5, 0.6) is 0 Å². The number of rotatable bonds is 1. The molecule has 3 aromatic rings. The summed E-state index contributed by atoms with van der Waals surface area (Å²) in [6, 6.07) is 14.8. The van der Waals surface area contributed by atoms with Crippen molar-refractivity contribution < 1.29 is 13.2 Å². The van der Waals surface area contributed by atoms with Crippen LogP contribution in [0, 0.1) is 0 Å². The van der Waals surface area contributed by atoms with E-state index in [1.807, 2.05) is 30.3 Å². The third-order valence-corrected chi connectivity index (χ3v) is 3.24. The molecule has 0 bridgehead atoms. The highest BCUT2D eigenvalue weighted by molar-refractivity contribution is 5.95. The Hall–Kier alpha value is -2.56. The molecule has 0 fully saturated rings. The first-order valence-corrected chi connectivity index (χ1v) is 6.28. The maximum atomic E-state index is 12.9. The first-order valence-electron chi connectivity index (χ1n) is 6.28. The molecule has 0 unspecified atom stereocenters. The molecule has 21 heavy (non-hydrogen) atoms. The van der Waals surface area contributed by atoms with Crippen molar-refractivity contribution in [3.8, 4) is 11.3 Å². The number of aromatic nitrogens is 1. The lowest BCUT2D eigenvalue weighted by Gasteiger charge is -2.11. The average Bonchev–Trinajstić information content (AvgIpc) is 2.45. The molecule has 2 nitrogen and oxygen atoms in total. The second kappa shape index (κ2) is 4.77. The van der Waals surface area contributed by atoms with E-state index in [-0.39, 0.29) is 11.5 Å². The quantitative estimate of drug-likeness (QED) is 0.716. The molecular weight excluding hydrogens is 277 g/mol. The van der Waals surface area contributed by atoms with Gasteiger partial charge < -0.3 is 5.73 Å². The van der Waals surface area contributed by atoms with Gasteiger partial charge in [-0.05, 0) is 22.9 Å². The van der Waals surface area contributed by atoms with Crippen molar-refractivity contribution in [2.45, 2.75) is 6.18 Å². The van der Waals surface area contributed by atoms with Gasteiger partial charge in [0.25, 0.3) is 0 Å². The highest BCUT2D eigenvalue weighted by atomic mass is 19.4. The molecule has 0 radical (unpaired) electrons. The predicted molar refractivity (Wildman–Crippen MR) is 76.6 cm³/mol. The molecule has 0 aliphatic heterocycles. The SMILES string of the molecule is Nc1cc(C(F)(F)F)cc(-c2cccc3ccccc23)n1. The van der Waals surface area contributed by atoms with E-state index in [0.717, 1.165) is 22.9 Å². The second-order valence-electron chi connectivity index (χ2n) is 4.69. The van der Waals surface area contributed by atoms with Crippen LogP contribution in [0.15, 0.2) is 54.6 Å². The lowest BCUT2D eigenvalue weighted by atomic mass is 10.0. The molecule has 1 aromatic heterocycles. The molecule has 106 valence electrons. The van der Waals surface area contributed by atoms with Gasteiger partial charge in [0.15, 0.2) is 0 Å². The monoisotopic (exact) mass is 288 g/mol. The number of fused-ring (bicyclic) bond motifs is 1. The number of alkyl halides is 3. The largest absolute Gasteiger partial charge is 0.416 e. The van der Waals surface area contributed by atoms with Gasteiger partial charge in [0.05, 0.1) is 11.3 Å². The molecular formula is C16H11F3N2. The predicted octanol–water partition coefficient (Wildman–Crippen LogP) is 4.50. The van der Waals surface area contributed by atoms with E-state index < -0.39 is 11.7 Å². The van der Waals surface area contributed by atoms with Crippen LogP contribution in [-0.2, 0) is 6.18 Å². The fourth-order valence-corrected chi connectivity index (χ4v) is 2.30. The van der Waals surface area contributed by atoms with Gasteiger partial charge in [0.2, 0.25) is 0 Å². The van der Waals surface area contributed by atoms with Crippen LogP contribution < -0.4 is 5.73 Å². The minimum atomic E-state index is -4.45. The number of nitrogen functional groups attached to an aromatic ring is 1. The molecule has 2 N–H and O–H groups in total. The summed E-state index contributed by atoms with van der Waals surface area (Å²) in [5, 5.41) is 1.78. The third kappa shape index (κ3) is 2.54. The average molecular weight is 288 g/mol. The summed E-state index contributed by atoms with van der Waals surface area (Å²) in [5.74, 6) is -0.146. The standard InChI is InChI=1S/C16H11F3N2/c17-16(18,19)11-8-14(21-15(20)9-11)13-7-3-5-10-4-1-2-6-12(10)13/h1-9H,(H2,20,21). The van der Waals surface area contributed by atoms with Crippen molar-refractivity contribution in [2.24, 2.45) is 0 Å². The van der Waals surface area contributed by atoms with Gasteiger partial charge in [-0.25, -0.2) is 4.98 Å². The van der Waals surface area contributed by atoms with Gasteiger partial charge in [-0.15, -0.1) is 0 Å². The Morgan fingerprint density at radius 2 is 1.62 bits per heavy atom. The normalized spacial score (nSPS) is 11.8. The Morgan fingerprint density at radius 3 is 2.38 bits per heavy atom. The van der Waals surface area contributed by atoms with Crippen molar-refractivity contribution in [2.75, 3.05) is 5.73 Å². The van der Waals surface area contributed by atoms with E-state index in [4.69, 9.17) is 5.73 Å². The minimum absolute atomic E-state index is 0.146. The zero-order chi connectivity index (χ0) is 15.0. The third-order valence-electron chi connectivity index (χ3n) is 3.24. The lowest BCUT2D eigenvalue weighted by molar-refractivity contribution is -0.137. The van der Waals surface area contributed by atoms with Crippen LogP contribution in [0.25, 0.3) is 22.0 Å². The van der Waals surface area contributed by atoms with Crippen LogP contribution in [-0.4, -0.2) is 4.98 Å². The lowest BCUT2D eigenvalue weighted by Crippen LogP contribution is -2.07. The van der Waals surface area contributed by atoms with Crippen molar-refractivity contribution in [1.82, 2.24) is 4.98 Å². The summed E-state index contributed by atoms with van der Waals surface area (Å²) in [4.78, 5) is 4.05. The van der Waals surface area contributed by atoms with E-state index in [9.17, 15) is 13.2 Å². The second-order valence-corrected chi connectivity index (χ2v) is 4.69. The summed E-state index contributed by atoms with van der Waals surface area (Å²) in [6.07, 6.45) is -4.45. The number of benzene rings is 2. The van der Waals surface area contributed by atoms with Gasteiger partial charge in [0, 0.05) is 5.56 Å². The summed E-state index contributed by atoms with van der Waals surface area (Å²) in [7, 11) is 0. The number of anilines is 1. The molecule has 0 saturated heterocycles.